The first-order chi connectivity index (χ1) is 13.3. The highest BCUT2D eigenvalue weighted by Crippen LogP contribution is 2.33. The Labute approximate surface area is 161 Å². The Morgan fingerprint density at radius 3 is 2.48 bits per heavy atom. The minimum Gasteiger partial charge on any atom is -0.362 e. The molecular formula is C23H25N3O. The number of nitrogens with zero attached hydrogens (tertiary/aromatic N) is 3. The second-order valence-electron chi connectivity index (χ2n) is 7.54. The van der Waals surface area contributed by atoms with E-state index in [1.165, 1.54) is 11.3 Å². The number of hydrogen-bond donors (Lipinski definition) is 0. The summed E-state index contributed by atoms with van der Waals surface area (Å²) < 4.78 is 0. The van der Waals surface area contributed by atoms with Crippen LogP contribution in [0.4, 0.5) is 5.69 Å². The number of likely N-dealkylation sites (tertiary alicyclic amines) is 1. The lowest BCUT2D eigenvalue weighted by Gasteiger charge is -2.35. The van der Waals surface area contributed by atoms with Crippen LogP contribution in [0.25, 0.3) is 0 Å². The summed E-state index contributed by atoms with van der Waals surface area (Å²) in [5.74, 6) is 0.459. The van der Waals surface area contributed by atoms with Crippen molar-refractivity contribution < 1.29 is 4.79 Å². The van der Waals surface area contributed by atoms with Gasteiger partial charge in [-0.1, -0.05) is 48.5 Å². The highest BCUT2D eigenvalue weighted by molar-refractivity contribution is 5.82. The Morgan fingerprint density at radius 2 is 1.74 bits per heavy atom. The van der Waals surface area contributed by atoms with E-state index in [4.69, 9.17) is 0 Å². The molecule has 4 heteroatoms. The smallest absolute Gasteiger partial charge is 0.242 e. The molecule has 2 aromatic carbocycles. The van der Waals surface area contributed by atoms with Crippen LogP contribution in [-0.2, 0) is 11.2 Å². The number of anilines is 1. The Bertz CT molecular complexity index is 834. The molecule has 2 aliphatic rings. The maximum Gasteiger partial charge on any atom is 0.242 e. The molecule has 4 rings (SSSR count). The lowest BCUT2D eigenvalue weighted by molar-refractivity contribution is -0.131. The molecule has 0 saturated carbocycles. The Hall–Kier alpha value is -2.80. The van der Waals surface area contributed by atoms with Gasteiger partial charge < -0.3 is 9.80 Å². The molecule has 0 bridgehead atoms. The van der Waals surface area contributed by atoms with Crippen molar-refractivity contribution >= 4 is 11.6 Å². The van der Waals surface area contributed by atoms with E-state index in [9.17, 15) is 10.1 Å². The van der Waals surface area contributed by atoms with Crippen LogP contribution >= 0.6 is 0 Å². The van der Waals surface area contributed by atoms with Gasteiger partial charge in [0, 0.05) is 25.3 Å². The third-order valence-corrected chi connectivity index (χ3v) is 5.97. The van der Waals surface area contributed by atoms with Gasteiger partial charge in [0.05, 0.1) is 18.5 Å². The van der Waals surface area contributed by atoms with Gasteiger partial charge in [0.1, 0.15) is 0 Å². The Kier molecular flexibility index (Phi) is 5.11. The minimum absolute atomic E-state index is 0.0751. The molecule has 1 fully saturated rings. The summed E-state index contributed by atoms with van der Waals surface area (Å²) in [5.41, 5.74) is 3.64. The van der Waals surface area contributed by atoms with E-state index in [0.717, 1.165) is 44.5 Å². The quantitative estimate of drug-likeness (QED) is 0.838. The number of amides is 1. The van der Waals surface area contributed by atoms with Crippen molar-refractivity contribution in [2.45, 2.75) is 25.2 Å². The normalized spacial score (nSPS) is 18.0. The van der Waals surface area contributed by atoms with Crippen molar-refractivity contribution in [3.8, 4) is 6.07 Å². The number of piperidine rings is 1. The molecule has 138 valence electrons. The number of para-hydroxylation sites is 1. The number of carbonyl (C=O) groups is 1. The Morgan fingerprint density at radius 1 is 1.04 bits per heavy atom. The molecular weight excluding hydrogens is 334 g/mol. The standard InChI is InChI=1S/C23H25N3O/c24-16-21(18-6-2-1-3-7-18)19-10-13-25(14-11-19)23(27)17-26-15-12-20-8-4-5-9-22(20)26/h1-9,19,21H,10-15,17H2. The fourth-order valence-electron chi connectivity index (χ4n) is 4.43. The van der Waals surface area contributed by atoms with E-state index in [2.05, 4.69) is 29.2 Å². The molecule has 1 atom stereocenters. The van der Waals surface area contributed by atoms with Gasteiger partial charge in [-0.05, 0) is 42.4 Å². The summed E-state index contributed by atoms with van der Waals surface area (Å²) in [6.45, 7) is 2.89. The molecule has 2 aromatic rings. The van der Waals surface area contributed by atoms with Crippen LogP contribution in [-0.4, -0.2) is 37.0 Å². The monoisotopic (exact) mass is 359 g/mol. The molecule has 0 N–H and O–H groups in total. The Balaban J connectivity index is 1.34. The van der Waals surface area contributed by atoms with Crippen molar-refractivity contribution in [2.24, 2.45) is 5.92 Å². The van der Waals surface area contributed by atoms with Crippen LogP contribution in [0.15, 0.2) is 54.6 Å². The molecule has 1 saturated heterocycles. The molecule has 0 aromatic heterocycles. The molecule has 2 heterocycles. The van der Waals surface area contributed by atoms with Crippen LogP contribution in [0.5, 0.6) is 0 Å². The van der Waals surface area contributed by atoms with Gasteiger partial charge in [0.2, 0.25) is 5.91 Å². The first-order valence-electron chi connectivity index (χ1n) is 9.81. The van der Waals surface area contributed by atoms with Crippen LogP contribution in [0, 0.1) is 17.2 Å². The van der Waals surface area contributed by atoms with Crippen LogP contribution in [0.1, 0.15) is 29.9 Å². The van der Waals surface area contributed by atoms with E-state index >= 15 is 0 Å². The minimum atomic E-state index is -0.0751. The fourth-order valence-corrected chi connectivity index (χ4v) is 4.43. The summed E-state index contributed by atoms with van der Waals surface area (Å²) >= 11 is 0. The number of hydrogen-bond acceptors (Lipinski definition) is 3. The molecule has 0 radical (unpaired) electrons. The summed E-state index contributed by atoms with van der Waals surface area (Å²) in [7, 11) is 0. The summed E-state index contributed by atoms with van der Waals surface area (Å²) in [5, 5.41) is 9.65. The molecule has 1 amide bonds. The topological polar surface area (TPSA) is 47.3 Å². The second kappa shape index (κ2) is 7.84. The predicted molar refractivity (Wildman–Crippen MR) is 106 cm³/mol. The van der Waals surface area contributed by atoms with Crippen molar-refractivity contribution in [2.75, 3.05) is 31.1 Å². The van der Waals surface area contributed by atoms with Gasteiger partial charge >= 0.3 is 0 Å². The number of nitriles is 1. The summed E-state index contributed by atoms with van der Waals surface area (Å²) in [6.07, 6.45) is 2.82. The number of carbonyl (C=O) groups excluding carboxylic acids is 1. The molecule has 2 aliphatic heterocycles. The van der Waals surface area contributed by atoms with Gasteiger partial charge in [-0.2, -0.15) is 5.26 Å². The molecule has 27 heavy (non-hydrogen) atoms. The zero-order valence-corrected chi connectivity index (χ0v) is 15.6. The van der Waals surface area contributed by atoms with Crippen LogP contribution in [0.2, 0.25) is 0 Å². The van der Waals surface area contributed by atoms with Gasteiger partial charge in [0.15, 0.2) is 0 Å². The fraction of sp³-hybridized carbons (Fsp3) is 0.391. The van der Waals surface area contributed by atoms with Crippen molar-refractivity contribution in [3.05, 3.63) is 65.7 Å². The summed E-state index contributed by atoms with van der Waals surface area (Å²) in [4.78, 5) is 17.0. The molecule has 0 spiro atoms. The zero-order chi connectivity index (χ0) is 18.6. The largest absolute Gasteiger partial charge is 0.362 e. The first kappa shape index (κ1) is 17.6. The lowest BCUT2D eigenvalue weighted by Crippen LogP contribution is -2.44. The second-order valence-corrected chi connectivity index (χ2v) is 7.54. The average Bonchev–Trinajstić information content (AvgIpc) is 3.13. The van der Waals surface area contributed by atoms with E-state index < -0.39 is 0 Å². The molecule has 1 unspecified atom stereocenters. The zero-order valence-electron chi connectivity index (χ0n) is 15.6. The van der Waals surface area contributed by atoms with Gasteiger partial charge in [-0.15, -0.1) is 0 Å². The van der Waals surface area contributed by atoms with Gasteiger partial charge in [-0.3, -0.25) is 4.79 Å². The first-order valence-corrected chi connectivity index (χ1v) is 9.81. The van der Waals surface area contributed by atoms with Crippen LogP contribution in [0.3, 0.4) is 0 Å². The van der Waals surface area contributed by atoms with Crippen molar-refractivity contribution in [3.63, 3.8) is 0 Å². The summed E-state index contributed by atoms with van der Waals surface area (Å²) in [6, 6.07) is 20.9. The third kappa shape index (κ3) is 3.68. The number of rotatable bonds is 4. The van der Waals surface area contributed by atoms with E-state index in [1.54, 1.807) is 0 Å². The van der Waals surface area contributed by atoms with Gasteiger partial charge in [0.25, 0.3) is 0 Å². The van der Waals surface area contributed by atoms with E-state index in [1.807, 2.05) is 41.3 Å². The third-order valence-electron chi connectivity index (χ3n) is 5.97. The highest BCUT2D eigenvalue weighted by Gasteiger charge is 2.30. The number of fused-ring (bicyclic) bond motifs is 1. The van der Waals surface area contributed by atoms with E-state index in [0.29, 0.717) is 12.5 Å². The molecule has 4 nitrogen and oxygen atoms in total. The maximum atomic E-state index is 12.8. The van der Waals surface area contributed by atoms with Crippen molar-refractivity contribution in [1.29, 1.82) is 5.26 Å². The van der Waals surface area contributed by atoms with Crippen LogP contribution < -0.4 is 4.90 Å². The molecule has 0 aliphatic carbocycles. The van der Waals surface area contributed by atoms with E-state index in [-0.39, 0.29) is 11.8 Å². The lowest BCUT2D eigenvalue weighted by atomic mass is 9.81. The average molecular weight is 359 g/mol. The maximum absolute atomic E-state index is 12.8. The van der Waals surface area contributed by atoms with Crippen molar-refractivity contribution in [1.82, 2.24) is 4.90 Å². The number of benzene rings is 2. The predicted octanol–water partition coefficient (Wildman–Crippen LogP) is 3.60. The van der Waals surface area contributed by atoms with Gasteiger partial charge in [-0.25, -0.2) is 0 Å². The highest BCUT2D eigenvalue weighted by atomic mass is 16.2. The SMILES string of the molecule is N#CC(c1ccccc1)C1CCN(C(=O)CN2CCc3ccccc32)CC1.